The Kier molecular flexibility index (Phi) is 4.27. The molecule has 0 bridgehead atoms. The number of aromatic nitrogens is 3. The van der Waals surface area contributed by atoms with Gasteiger partial charge in [0.2, 0.25) is 0 Å². The molecule has 148 valence electrons. The van der Waals surface area contributed by atoms with Gasteiger partial charge in [0, 0.05) is 35.6 Å². The van der Waals surface area contributed by atoms with Gasteiger partial charge in [0.15, 0.2) is 10.9 Å². The summed E-state index contributed by atoms with van der Waals surface area (Å²) in [6, 6.07) is 4.39. The van der Waals surface area contributed by atoms with Crippen LogP contribution in [0.25, 0.3) is 32.2 Å². The Morgan fingerprint density at radius 3 is 2.79 bits per heavy atom. The van der Waals surface area contributed by atoms with Gasteiger partial charge in [-0.2, -0.15) is 0 Å². The molecule has 3 heterocycles. The summed E-state index contributed by atoms with van der Waals surface area (Å²) in [5.74, 6) is -0.484. The van der Waals surface area contributed by atoms with Crippen molar-refractivity contribution in [1.82, 2.24) is 15.0 Å². The quantitative estimate of drug-likeness (QED) is 0.498. The lowest BCUT2D eigenvalue weighted by Crippen LogP contribution is -2.27. The number of thiazole rings is 1. The van der Waals surface area contributed by atoms with Gasteiger partial charge in [-0.3, -0.25) is 0 Å². The van der Waals surface area contributed by atoms with Gasteiger partial charge in [0.05, 0.1) is 15.2 Å². The lowest BCUT2D eigenvalue weighted by molar-refractivity contribution is 0.638. The smallest absolute Gasteiger partial charge is 0.181 e. The molecule has 1 atom stereocenters. The molecule has 0 amide bonds. The first-order chi connectivity index (χ1) is 13.9. The summed E-state index contributed by atoms with van der Waals surface area (Å²) in [7, 11) is 0. The van der Waals surface area contributed by atoms with Crippen molar-refractivity contribution < 1.29 is 8.78 Å². The summed E-state index contributed by atoms with van der Waals surface area (Å²) in [6.07, 6.45) is 2.15. The molecule has 1 saturated heterocycles. The van der Waals surface area contributed by atoms with E-state index in [-0.39, 0.29) is 37.5 Å². The molecule has 1 fully saturated rings. The van der Waals surface area contributed by atoms with Crippen molar-refractivity contribution >= 4 is 55.0 Å². The number of fused-ring (bicyclic) bond motifs is 2. The summed E-state index contributed by atoms with van der Waals surface area (Å²) in [5, 5.41) is 0.858. The maximum Gasteiger partial charge on any atom is 0.181 e. The zero-order valence-electron chi connectivity index (χ0n) is 15.0. The number of hydrogen-bond acceptors (Lipinski definition) is 7. The number of rotatable bonds is 2. The van der Waals surface area contributed by atoms with E-state index in [0.29, 0.717) is 23.3 Å². The second-order valence-electron chi connectivity index (χ2n) is 6.96. The molecule has 5 rings (SSSR count). The molecule has 0 aliphatic carbocycles. The van der Waals surface area contributed by atoms with Gasteiger partial charge in [-0.1, -0.05) is 22.9 Å². The average Bonchev–Trinajstić information content (AvgIpc) is 3.29. The molecular weight excluding hydrogens is 418 g/mol. The van der Waals surface area contributed by atoms with Crippen molar-refractivity contribution in [2.75, 3.05) is 23.7 Å². The molecule has 0 saturated carbocycles. The van der Waals surface area contributed by atoms with Crippen molar-refractivity contribution in [3.8, 4) is 11.1 Å². The highest BCUT2D eigenvalue weighted by Crippen LogP contribution is 2.42. The molecule has 6 nitrogen and oxygen atoms in total. The van der Waals surface area contributed by atoms with Gasteiger partial charge in [-0.05, 0) is 24.6 Å². The van der Waals surface area contributed by atoms with Crippen LogP contribution in [0.1, 0.15) is 6.42 Å². The Labute approximate surface area is 173 Å². The van der Waals surface area contributed by atoms with E-state index in [2.05, 4.69) is 15.0 Å². The van der Waals surface area contributed by atoms with Gasteiger partial charge in [-0.15, -0.1) is 0 Å². The fourth-order valence-electron chi connectivity index (χ4n) is 3.79. The first kappa shape index (κ1) is 18.4. The summed E-state index contributed by atoms with van der Waals surface area (Å²) in [5.41, 5.74) is 12.6. The van der Waals surface area contributed by atoms with Gasteiger partial charge < -0.3 is 16.4 Å². The molecule has 2 aromatic carbocycles. The molecule has 1 aliphatic rings. The number of nitrogen functional groups attached to an aromatic ring is 1. The van der Waals surface area contributed by atoms with Crippen LogP contribution in [0.5, 0.6) is 0 Å². The van der Waals surface area contributed by atoms with Crippen molar-refractivity contribution in [3.05, 3.63) is 41.2 Å². The number of hydrogen-bond donors (Lipinski definition) is 2. The highest BCUT2D eigenvalue weighted by atomic mass is 35.5. The first-order valence-corrected chi connectivity index (χ1v) is 10.1. The average molecular weight is 433 g/mol. The van der Waals surface area contributed by atoms with E-state index >= 15 is 4.39 Å². The fourth-order valence-corrected chi connectivity index (χ4v) is 4.85. The zero-order chi connectivity index (χ0) is 20.3. The lowest BCUT2D eigenvalue weighted by atomic mass is 10.0. The first-order valence-electron chi connectivity index (χ1n) is 8.92. The molecule has 2 aromatic heterocycles. The normalized spacial score (nSPS) is 17.0. The minimum absolute atomic E-state index is 0.0437. The number of anilines is 2. The van der Waals surface area contributed by atoms with Gasteiger partial charge in [-0.25, -0.2) is 23.7 Å². The monoisotopic (exact) mass is 432 g/mol. The predicted molar refractivity (Wildman–Crippen MR) is 112 cm³/mol. The van der Waals surface area contributed by atoms with Crippen LogP contribution >= 0.6 is 22.9 Å². The minimum Gasteiger partial charge on any atom is -0.375 e. The highest BCUT2D eigenvalue weighted by Gasteiger charge is 2.26. The Morgan fingerprint density at radius 2 is 2.03 bits per heavy atom. The molecule has 0 spiro atoms. The summed E-state index contributed by atoms with van der Waals surface area (Å²) < 4.78 is 30.0. The summed E-state index contributed by atoms with van der Waals surface area (Å²) >= 11 is 7.51. The third-order valence-electron chi connectivity index (χ3n) is 5.11. The van der Waals surface area contributed by atoms with Crippen LogP contribution in [-0.2, 0) is 0 Å². The zero-order valence-corrected chi connectivity index (χ0v) is 16.6. The summed E-state index contributed by atoms with van der Waals surface area (Å²) in [6.45, 7) is 1.36. The van der Waals surface area contributed by atoms with Gasteiger partial charge in [0.25, 0.3) is 0 Å². The minimum atomic E-state index is -0.612. The Morgan fingerprint density at radius 1 is 1.21 bits per heavy atom. The Balaban J connectivity index is 1.76. The van der Waals surface area contributed by atoms with Crippen LogP contribution in [0.4, 0.5) is 19.7 Å². The fraction of sp³-hybridized carbons (Fsp3) is 0.211. The molecular formula is C19H15ClF2N6S. The van der Waals surface area contributed by atoms with E-state index in [1.54, 1.807) is 6.07 Å². The Bertz CT molecular complexity index is 1280. The highest BCUT2D eigenvalue weighted by molar-refractivity contribution is 7.22. The van der Waals surface area contributed by atoms with E-state index in [1.807, 2.05) is 4.90 Å². The molecule has 4 aromatic rings. The van der Waals surface area contributed by atoms with Crippen molar-refractivity contribution in [3.63, 3.8) is 0 Å². The number of nitrogens with two attached hydrogens (primary N) is 2. The lowest BCUT2D eigenvalue weighted by Gasteiger charge is -2.19. The maximum absolute atomic E-state index is 15.6. The van der Waals surface area contributed by atoms with E-state index in [1.165, 1.54) is 18.5 Å². The number of halogens is 3. The van der Waals surface area contributed by atoms with Crippen LogP contribution in [0.15, 0.2) is 24.5 Å². The van der Waals surface area contributed by atoms with E-state index in [9.17, 15) is 4.39 Å². The van der Waals surface area contributed by atoms with Gasteiger partial charge in [0.1, 0.15) is 23.5 Å². The molecule has 29 heavy (non-hydrogen) atoms. The molecule has 10 heteroatoms. The number of benzene rings is 2. The maximum atomic E-state index is 15.6. The molecule has 4 N–H and O–H groups in total. The standard InChI is InChI=1S/C19H15ClF2N6S/c20-11-5-10-15(25-7-26-18(10)28-4-3-8(23)6-28)14(22)13(11)9-1-2-12(21)17-16(9)27-19(24)29-17/h1-2,5,7-8H,3-4,6,23H2,(H2,24,27)/t8-/m1/s1. The second kappa shape index (κ2) is 6.72. The van der Waals surface area contributed by atoms with E-state index in [0.717, 1.165) is 24.3 Å². The van der Waals surface area contributed by atoms with E-state index in [4.69, 9.17) is 23.1 Å². The SMILES string of the molecule is Nc1nc2c(-c3c(Cl)cc4c(N5CC[C@@H](N)C5)ncnc4c3F)ccc(F)c2s1. The van der Waals surface area contributed by atoms with Crippen LogP contribution < -0.4 is 16.4 Å². The van der Waals surface area contributed by atoms with Crippen molar-refractivity contribution in [2.45, 2.75) is 12.5 Å². The molecule has 0 unspecified atom stereocenters. The van der Waals surface area contributed by atoms with Gasteiger partial charge >= 0.3 is 0 Å². The largest absolute Gasteiger partial charge is 0.375 e. The van der Waals surface area contributed by atoms with Crippen LogP contribution in [0.2, 0.25) is 5.02 Å². The van der Waals surface area contributed by atoms with Crippen LogP contribution in [0, 0.1) is 11.6 Å². The second-order valence-corrected chi connectivity index (χ2v) is 8.40. The van der Waals surface area contributed by atoms with Crippen LogP contribution in [0.3, 0.4) is 0 Å². The predicted octanol–water partition coefficient (Wildman–Crippen LogP) is 3.96. The topological polar surface area (TPSA) is 94.0 Å². The summed E-state index contributed by atoms with van der Waals surface area (Å²) in [4.78, 5) is 14.7. The Hall–Kier alpha value is -2.62. The molecule has 1 aliphatic heterocycles. The third-order valence-corrected chi connectivity index (χ3v) is 6.30. The van der Waals surface area contributed by atoms with E-state index < -0.39 is 11.6 Å². The van der Waals surface area contributed by atoms with Crippen molar-refractivity contribution in [2.24, 2.45) is 5.73 Å². The number of nitrogens with zero attached hydrogens (tertiary/aromatic N) is 4. The van der Waals surface area contributed by atoms with Crippen LogP contribution in [-0.4, -0.2) is 34.1 Å². The van der Waals surface area contributed by atoms with Crippen molar-refractivity contribution in [1.29, 1.82) is 0 Å². The molecule has 0 radical (unpaired) electrons. The third kappa shape index (κ3) is 2.88.